The van der Waals surface area contributed by atoms with Gasteiger partial charge in [-0.25, -0.2) is 0 Å². The fraction of sp³-hybridized carbons (Fsp3) is 1.00. The molecular weight excluding hydrogens is 146 g/mol. The van der Waals surface area contributed by atoms with Gasteiger partial charge >= 0.3 is 0 Å². The van der Waals surface area contributed by atoms with Crippen LogP contribution < -0.4 is 0 Å². The minimum absolute atomic E-state index is 0.222. The van der Waals surface area contributed by atoms with Crippen LogP contribution in [0.3, 0.4) is 0 Å². The number of hydrogen-bond acceptors (Lipinski definition) is 2. The zero-order valence-electron chi connectivity index (χ0n) is 4.82. The predicted octanol–water partition coefficient (Wildman–Crippen LogP) is 2.08. The summed E-state index contributed by atoms with van der Waals surface area (Å²) in [4.78, 5) is 0. The van der Waals surface area contributed by atoms with E-state index in [9.17, 15) is 4.57 Å². The Labute approximate surface area is 54.7 Å². The molecule has 0 aliphatic heterocycles. The van der Waals surface area contributed by atoms with Crippen molar-refractivity contribution in [1.82, 2.24) is 0 Å². The van der Waals surface area contributed by atoms with Crippen molar-refractivity contribution in [3.8, 4) is 0 Å². The van der Waals surface area contributed by atoms with E-state index in [0.717, 1.165) is 6.42 Å². The summed E-state index contributed by atoms with van der Waals surface area (Å²) in [5, 5.41) is 0. The summed E-state index contributed by atoms with van der Waals surface area (Å²) in [5.74, 6) is 0. The van der Waals surface area contributed by atoms with Crippen LogP contribution in [0.1, 0.15) is 13.3 Å². The van der Waals surface area contributed by atoms with Crippen LogP contribution in [0.5, 0.6) is 0 Å². The van der Waals surface area contributed by atoms with Crippen molar-refractivity contribution < 1.29 is 9.30 Å². The number of hydrogen-bond donors (Lipinski definition) is 0. The Morgan fingerprint density at radius 1 is 1.75 bits per heavy atom. The molecule has 0 aliphatic carbocycles. The summed E-state index contributed by atoms with van der Waals surface area (Å²) in [7, 11) is -1.91. The lowest BCUT2D eigenvalue weighted by atomic mass is 10.5. The third-order valence-electron chi connectivity index (χ3n) is 0.564. The van der Waals surface area contributed by atoms with Gasteiger partial charge in [0, 0.05) is 6.61 Å². The lowest BCUT2D eigenvalue weighted by Gasteiger charge is -1.94. The maximum absolute atomic E-state index is 10.1. The molecule has 0 aromatic carbocycles. The normalized spacial score (nSPS) is 13.8. The van der Waals surface area contributed by atoms with E-state index >= 15 is 0 Å². The summed E-state index contributed by atoms with van der Waals surface area (Å²) in [6.07, 6.45) is 1.17. The van der Waals surface area contributed by atoms with Crippen LogP contribution in [0.25, 0.3) is 0 Å². The molecule has 0 N–H and O–H groups in total. The lowest BCUT2D eigenvalue weighted by Crippen LogP contribution is -1.88. The van der Waals surface area contributed by atoms with E-state index < -0.39 is 7.15 Å². The van der Waals surface area contributed by atoms with Gasteiger partial charge in [-0.1, -0.05) is 18.2 Å². The highest BCUT2D eigenvalue weighted by atomic mass is 35.7. The van der Waals surface area contributed by atoms with Gasteiger partial charge < -0.3 is 9.30 Å². The van der Waals surface area contributed by atoms with E-state index in [-0.39, 0.29) is 6.35 Å². The molecule has 0 heterocycles. The third-order valence-corrected chi connectivity index (χ3v) is 1.32. The number of halogens is 1. The third kappa shape index (κ3) is 6.48. The average molecular weight is 157 g/mol. The lowest BCUT2D eigenvalue weighted by molar-refractivity contribution is 0.179. The van der Waals surface area contributed by atoms with Crippen molar-refractivity contribution in [3.63, 3.8) is 0 Å². The largest absolute Gasteiger partial charge is 0.373 e. The summed E-state index contributed by atoms with van der Waals surface area (Å²) < 4.78 is 15.0. The van der Waals surface area contributed by atoms with Gasteiger partial charge in [-0.3, -0.25) is 0 Å². The quantitative estimate of drug-likeness (QED) is 0.460. The predicted molar refractivity (Wildman–Crippen MR) is 36.0 cm³/mol. The maximum Gasteiger partial charge on any atom is 0.182 e. The number of ether oxygens (including phenoxy) is 1. The van der Waals surface area contributed by atoms with Crippen molar-refractivity contribution in [1.29, 1.82) is 0 Å². The standard InChI is InChI=1S/C4H10ClO2P/c1-2-3-7-4-8(5)6/h8H,2-4H2,1H3. The Bertz CT molecular complexity index is 76.4. The molecule has 0 aliphatic rings. The molecule has 1 unspecified atom stereocenters. The van der Waals surface area contributed by atoms with E-state index in [4.69, 9.17) is 16.0 Å². The first-order valence-electron chi connectivity index (χ1n) is 2.53. The molecule has 0 aromatic rings. The molecule has 0 fully saturated rings. The minimum Gasteiger partial charge on any atom is -0.373 e. The SMILES string of the molecule is CCCOC[PH](=O)Cl. The molecule has 50 valence electrons. The van der Waals surface area contributed by atoms with Crippen LogP contribution in [0.4, 0.5) is 0 Å². The van der Waals surface area contributed by atoms with Gasteiger partial charge in [0.25, 0.3) is 0 Å². The van der Waals surface area contributed by atoms with E-state index in [2.05, 4.69) is 0 Å². The maximum atomic E-state index is 10.1. The van der Waals surface area contributed by atoms with E-state index in [1.54, 1.807) is 0 Å². The molecule has 8 heavy (non-hydrogen) atoms. The molecule has 0 amide bonds. The van der Waals surface area contributed by atoms with Crippen molar-refractivity contribution in [3.05, 3.63) is 0 Å². The van der Waals surface area contributed by atoms with Crippen LogP contribution in [-0.2, 0) is 9.30 Å². The fourth-order valence-corrected chi connectivity index (χ4v) is 0.833. The van der Waals surface area contributed by atoms with Gasteiger partial charge in [0.2, 0.25) is 0 Å². The molecular formula is C4H10ClO2P. The smallest absolute Gasteiger partial charge is 0.182 e. The van der Waals surface area contributed by atoms with Crippen molar-refractivity contribution in [2.75, 3.05) is 13.0 Å². The van der Waals surface area contributed by atoms with E-state index in [1.165, 1.54) is 0 Å². The Balaban J connectivity index is 2.82. The van der Waals surface area contributed by atoms with Gasteiger partial charge in [0.1, 0.15) is 6.35 Å². The summed E-state index contributed by atoms with van der Waals surface area (Å²) in [5.41, 5.74) is 0. The second kappa shape index (κ2) is 5.61. The molecule has 0 aromatic heterocycles. The molecule has 2 nitrogen and oxygen atoms in total. The second-order valence-corrected chi connectivity index (χ2v) is 3.67. The van der Waals surface area contributed by atoms with E-state index in [0.29, 0.717) is 6.61 Å². The Kier molecular flexibility index (Phi) is 5.95. The van der Waals surface area contributed by atoms with Gasteiger partial charge in [-0.15, -0.1) is 0 Å². The zero-order chi connectivity index (χ0) is 6.41. The highest BCUT2D eigenvalue weighted by Gasteiger charge is 1.89. The highest BCUT2D eigenvalue weighted by Crippen LogP contribution is 2.25. The molecule has 0 bridgehead atoms. The number of rotatable bonds is 4. The molecule has 1 atom stereocenters. The van der Waals surface area contributed by atoms with Gasteiger partial charge in [0.15, 0.2) is 7.15 Å². The molecule has 4 heteroatoms. The Morgan fingerprint density at radius 3 is 2.75 bits per heavy atom. The summed E-state index contributed by atoms with van der Waals surface area (Å²) >= 11 is 5.13. The van der Waals surface area contributed by atoms with E-state index in [1.807, 2.05) is 6.92 Å². The first-order chi connectivity index (χ1) is 3.77. The molecule has 0 rings (SSSR count). The first kappa shape index (κ1) is 8.48. The van der Waals surface area contributed by atoms with Crippen LogP contribution >= 0.6 is 18.4 Å². The highest BCUT2D eigenvalue weighted by molar-refractivity contribution is 7.73. The molecule has 0 radical (unpaired) electrons. The van der Waals surface area contributed by atoms with Gasteiger partial charge in [0.05, 0.1) is 0 Å². The molecule has 0 spiro atoms. The molecule has 0 saturated carbocycles. The van der Waals surface area contributed by atoms with Crippen LogP contribution in [0.2, 0.25) is 0 Å². The van der Waals surface area contributed by atoms with Gasteiger partial charge in [-0.2, -0.15) is 0 Å². The van der Waals surface area contributed by atoms with Crippen LogP contribution in [0, 0.1) is 0 Å². The average Bonchev–Trinajstić information content (AvgIpc) is 1.66. The van der Waals surface area contributed by atoms with Crippen LogP contribution in [0.15, 0.2) is 0 Å². The van der Waals surface area contributed by atoms with Crippen molar-refractivity contribution in [2.45, 2.75) is 13.3 Å². The zero-order valence-corrected chi connectivity index (χ0v) is 6.57. The first-order valence-corrected chi connectivity index (χ1v) is 5.16. The topological polar surface area (TPSA) is 26.3 Å². The van der Waals surface area contributed by atoms with Crippen molar-refractivity contribution >= 4 is 18.4 Å². The summed E-state index contributed by atoms with van der Waals surface area (Å²) in [6.45, 7) is 2.65. The molecule has 0 saturated heterocycles. The Hall–Kier alpha value is 0.480. The van der Waals surface area contributed by atoms with Crippen LogP contribution in [-0.4, -0.2) is 13.0 Å². The monoisotopic (exact) mass is 156 g/mol. The minimum atomic E-state index is -1.91. The second-order valence-electron chi connectivity index (χ2n) is 1.41. The van der Waals surface area contributed by atoms with Gasteiger partial charge in [-0.05, 0) is 6.42 Å². The van der Waals surface area contributed by atoms with Crippen molar-refractivity contribution in [2.24, 2.45) is 0 Å². The Morgan fingerprint density at radius 2 is 2.38 bits per heavy atom. The fourth-order valence-electron chi connectivity index (χ4n) is 0.297. The summed E-state index contributed by atoms with van der Waals surface area (Å²) in [6, 6.07) is 0.